The summed E-state index contributed by atoms with van der Waals surface area (Å²) in [4.78, 5) is 29.2. The molecule has 0 aromatic carbocycles. The number of aromatic nitrogens is 1. The van der Waals surface area contributed by atoms with E-state index < -0.39 is 12.0 Å². The van der Waals surface area contributed by atoms with Crippen LogP contribution in [-0.4, -0.2) is 39.5 Å². The zero-order valence-corrected chi connectivity index (χ0v) is 11.3. The van der Waals surface area contributed by atoms with Gasteiger partial charge < -0.3 is 15.7 Å². The largest absolute Gasteiger partial charge is 0.480 e. The number of amides is 1. The minimum Gasteiger partial charge on any atom is -0.480 e. The van der Waals surface area contributed by atoms with Crippen LogP contribution in [0, 0.1) is 0 Å². The number of rotatable bonds is 3. The van der Waals surface area contributed by atoms with E-state index in [1.165, 1.54) is 11.1 Å². The summed E-state index contributed by atoms with van der Waals surface area (Å²) in [5, 5.41) is 9.26. The highest BCUT2D eigenvalue weighted by atomic mass is 16.4. The second kappa shape index (κ2) is 6.36. The molecule has 1 aliphatic rings. The third-order valence-corrected chi connectivity index (χ3v) is 3.54. The topological polar surface area (TPSA) is 96.5 Å². The monoisotopic (exact) mass is 277 g/mol. The van der Waals surface area contributed by atoms with Crippen LogP contribution >= 0.6 is 0 Å². The maximum atomic E-state index is 12.3. The number of anilines is 1. The van der Waals surface area contributed by atoms with Gasteiger partial charge in [0.15, 0.2) is 0 Å². The van der Waals surface area contributed by atoms with Gasteiger partial charge >= 0.3 is 5.97 Å². The van der Waals surface area contributed by atoms with E-state index in [0.29, 0.717) is 24.3 Å². The lowest BCUT2D eigenvalue weighted by molar-refractivity contribution is -0.150. The second-order valence-corrected chi connectivity index (χ2v) is 5.05. The molecule has 1 atom stereocenters. The Morgan fingerprint density at radius 1 is 1.35 bits per heavy atom. The molecular weight excluding hydrogens is 258 g/mol. The number of carbonyl (C=O) groups excluding carboxylic acids is 1. The van der Waals surface area contributed by atoms with Gasteiger partial charge in [0.1, 0.15) is 6.04 Å². The number of nitrogens with two attached hydrogens (primary N) is 1. The van der Waals surface area contributed by atoms with Crippen LogP contribution in [0.3, 0.4) is 0 Å². The Labute approximate surface area is 117 Å². The molecule has 1 amide bonds. The molecule has 1 saturated heterocycles. The van der Waals surface area contributed by atoms with Gasteiger partial charge in [-0.25, -0.2) is 4.79 Å². The van der Waals surface area contributed by atoms with Gasteiger partial charge in [0, 0.05) is 12.2 Å². The number of hydrogen-bond acceptors (Lipinski definition) is 4. The third kappa shape index (κ3) is 3.46. The SMILES string of the molecule is Nc1ccc(CC(=O)N2CCCCCC2C(=O)O)nc1. The molecule has 0 aliphatic carbocycles. The number of nitrogen functional groups attached to an aromatic ring is 1. The van der Waals surface area contributed by atoms with Crippen molar-refractivity contribution in [3.8, 4) is 0 Å². The van der Waals surface area contributed by atoms with Gasteiger partial charge in [-0.1, -0.05) is 12.8 Å². The molecule has 108 valence electrons. The maximum Gasteiger partial charge on any atom is 0.326 e. The first kappa shape index (κ1) is 14.3. The van der Waals surface area contributed by atoms with Crippen molar-refractivity contribution in [3.63, 3.8) is 0 Å². The average Bonchev–Trinajstić information content (AvgIpc) is 2.67. The highest BCUT2D eigenvalue weighted by Gasteiger charge is 2.30. The van der Waals surface area contributed by atoms with Gasteiger partial charge in [-0.2, -0.15) is 0 Å². The van der Waals surface area contributed by atoms with Crippen LogP contribution in [0.2, 0.25) is 0 Å². The zero-order chi connectivity index (χ0) is 14.5. The molecular formula is C14H19N3O3. The number of carbonyl (C=O) groups is 2. The van der Waals surface area contributed by atoms with Gasteiger partial charge in [-0.3, -0.25) is 9.78 Å². The Morgan fingerprint density at radius 3 is 2.80 bits per heavy atom. The summed E-state index contributed by atoms with van der Waals surface area (Å²) in [6.07, 6.45) is 4.80. The quantitative estimate of drug-likeness (QED) is 0.861. The van der Waals surface area contributed by atoms with E-state index in [-0.39, 0.29) is 12.3 Å². The second-order valence-electron chi connectivity index (χ2n) is 5.05. The first-order valence-electron chi connectivity index (χ1n) is 6.80. The highest BCUT2D eigenvalue weighted by Crippen LogP contribution is 2.18. The Morgan fingerprint density at radius 2 is 2.15 bits per heavy atom. The molecule has 1 aliphatic heterocycles. The summed E-state index contributed by atoms with van der Waals surface area (Å²) in [7, 11) is 0. The van der Waals surface area contributed by atoms with Crippen LogP contribution in [0.4, 0.5) is 5.69 Å². The van der Waals surface area contributed by atoms with Crippen molar-refractivity contribution in [2.24, 2.45) is 0 Å². The normalized spacial score (nSPS) is 19.4. The van der Waals surface area contributed by atoms with Crippen molar-refractivity contribution in [1.82, 2.24) is 9.88 Å². The van der Waals surface area contributed by atoms with Gasteiger partial charge in [0.2, 0.25) is 5.91 Å². The lowest BCUT2D eigenvalue weighted by Crippen LogP contribution is -2.45. The Bertz CT molecular complexity index is 487. The third-order valence-electron chi connectivity index (χ3n) is 3.54. The first-order chi connectivity index (χ1) is 9.58. The van der Waals surface area contributed by atoms with E-state index in [1.807, 2.05) is 0 Å². The molecule has 6 heteroatoms. The summed E-state index contributed by atoms with van der Waals surface area (Å²) in [6, 6.07) is 2.67. The molecule has 0 spiro atoms. The maximum absolute atomic E-state index is 12.3. The molecule has 0 saturated carbocycles. The summed E-state index contributed by atoms with van der Waals surface area (Å²) in [5.41, 5.74) is 6.70. The number of hydrogen-bond donors (Lipinski definition) is 2. The van der Waals surface area contributed by atoms with Crippen molar-refractivity contribution in [2.75, 3.05) is 12.3 Å². The molecule has 1 fully saturated rings. The van der Waals surface area contributed by atoms with E-state index >= 15 is 0 Å². The van der Waals surface area contributed by atoms with Crippen LogP contribution in [-0.2, 0) is 16.0 Å². The molecule has 6 nitrogen and oxygen atoms in total. The van der Waals surface area contributed by atoms with E-state index in [4.69, 9.17) is 5.73 Å². The van der Waals surface area contributed by atoms with Crippen LogP contribution in [0.1, 0.15) is 31.4 Å². The van der Waals surface area contributed by atoms with Crippen LogP contribution in [0.5, 0.6) is 0 Å². The molecule has 0 radical (unpaired) electrons. The Kier molecular flexibility index (Phi) is 4.55. The van der Waals surface area contributed by atoms with E-state index in [2.05, 4.69) is 4.98 Å². The van der Waals surface area contributed by atoms with Crippen LogP contribution < -0.4 is 5.73 Å². The lowest BCUT2D eigenvalue weighted by atomic mass is 10.1. The highest BCUT2D eigenvalue weighted by molar-refractivity contribution is 5.84. The molecule has 20 heavy (non-hydrogen) atoms. The summed E-state index contributed by atoms with van der Waals surface area (Å²) in [6.45, 7) is 0.505. The number of carboxylic acid groups (broad SMARTS) is 1. The van der Waals surface area contributed by atoms with Gasteiger partial charge in [0.25, 0.3) is 0 Å². The standard InChI is InChI=1S/C14H19N3O3/c15-10-5-6-11(16-9-10)8-13(18)17-7-3-1-2-4-12(17)14(19)20/h5-6,9,12H,1-4,7-8,15H2,(H,19,20). The molecule has 2 rings (SSSR count). The fraction of sp³-hybridized carbons (Fsp3) is 0.500. The fourth-order valence-corrected chi connectivity index (χ4v) is 2.46. The van der Waals surface area contributed by atoms with Gasteiger partial charge in [-0.05, 0) is 25.0 Å². The van der Waals surface area contributed by atoms with Gasteiger partial charge in [0.05, 0.1) is 18.3 Å². The number of nitrogens with zero attached hydrogens (tertiary/aromatic N) is 2. The van der Waals surface area contributed by atoms with E-state index in [1.54, 1.807) is 12.1 Å². The molecule has 1 unspecified atom stereocenters. The summed E-state index contributed by atoms with van der Waals surface area (Å²) in [5.74, 6) is -1.11. The van der Waals surface area contributed by atoms with Gasteiger partial charge in [-0.15, -0.1) is 0 Å². The van der Waals surface area contributed by atoms with Crippen molar-refractivity contribution < 1.29 is 14.7 Å². The number of carboxylic acids is 1. The van der Waals surface area contributed by atoms with Crippen molar-refractivity contribution in [2.45, 2.75) is 38.1 Å². The fourth-order valence-electron chi connectivity index (χ4n) is 2.46. The number of aliphatic carboxylic acids is 1. The van der Waals surface area contributed by atoms with Crippen molar-refractivity contribution >= 4 is 17.6 Å². The molecule has 1 aromatic heterocycles. The summed E-state index contributed by atoms with van der Waals surface area (Å²) >= 11 is 0. The van der Waals surface area contributed by atoms with Crippen LogP contribution in [0.25, 0.3) is 0 Å². The molecule has 3 N–H and O–H groups in total. The Balaban J connectivity index is 2.08. The Hall–Kier alpha value is -2.11. The summed E-state index contributed by atoms with van der Waals surface area (Å²) < 4.78 is 0. The minimum atomic E-state index is -0.925. The van der Waals surface area contributed by atoms with E-state index in [0.717, 1.165) is 19.3 Å². The zero-order valence-electron chi connectivity index (χ0n) is 11.3. The van der Waals surface area contributed by atoms with Crippen LogP contribution in [0.15, 0.2) is 18.3 Å². The predicted octanol–water partition coefficient (Wildman–Crippen LogP) is 1.06. The molecule has 0 bridgehead atoms. The van der Waals surface area contributed by atoms with E-state index in [9.17, 15) is 14.7 Å². The number of pyridine rings is 1. The number of likely N-dealkylation sites (tertiary alicyclic amines) is 1. The minimum absolute atomic E-state index is 0.115. The molecule has 2 heterocycles. The van der Waals surface area contributed by atoms with Crippen molar-refractivity contribution in [1.29, 1.82) is 0 Å². The first-order valence-corrected chi connectivity index (χ1v) is 6.80. The smallest absolute Gasteiger partial charge is 0.326 e. The molecule has 1 aromatic rings. The lowest BCUT2D eigenvalue weighted by Gasteiger charge is -2.26. The van der Waals surface area contributed by atoms with Crippen molar-refractivity contribution in [3.05, 3.63) is 24.0 Å². The predicted molar refractivity (Wildman–Crippen MR) is 74.0 cm³/mol. The average molecular weight is 277 g/mol.